The number of aliphatic carboxylic acids is 1. The molecule has 0 aromatic heterocycles. The molecule has 0 saturated heterocycles. The molecular weight excluding hydrogens is 731 g/mol. The van der Waals surface area contributed by atoms with Gasteiger partial charge in [-0.3, -0.25) is 9.59 Å². The van der Waals surface area contributed by atoms with E-state index in [1.165, 1.54) is 96.3 Å². The number of hydrogen-bond acceptors (Lipinski definition) is 8. The lowest BCUT2D eigenvalue weighted by atomic mass is 10.0. The summed E-state index contributed by atoms with van der Waals surface area (Å²) in [6.45, 7) is 4.71. The second-order valence-electron chi connectivity index (χ2n) is 17.1. The van der Waals surface area contributed by atoms with Crippen molar-refractivity contribution in [2.75, 3.05) is 47.5 Å². The van der Waals surface area contributed by atoms with Gasteiger partial charge in [0.05, 0.1) is 40.3 Å². The number of allylic oxidation sites excluding steroid dienone is 6. The highest BCUT2D eigenvalue weighted by Gasteiger charge is 2.21. The third-order valence-corrected chi connectivity index (χ3v) is 10.1. The minimum atomic E-state index is -1.62. The van der Waals surface area contributed by atoms with Crippen LogP contribution in [0.25, 0.3) is 0 Å². The van der Waals surface area contributed by atoms with Crippen molar-refractivity contribution in [1.82, 2.24) is 0 Å². The van der Waals surface area contributed by atoms with E-state index in [-0.39, 0.29) is 32.2 Å². The third-order valence-electron chi connectivity index (χ3n) is 10.1. The van der Waals surface area contributed by atoms with Gasteiger partial charge < -0.3 is 33.3 Å². The number of quaternary nitrogens is 1. The number of nitrogens with zero attached hydrogens (tertiary/aromatic N) is 1. The Labute approximate surface area is 356 Å². The molecule has 58 heavy (non-hydrogen) atoms. The van der Waals surface area contributed by atoms with Crippen LogP contribution in [-0.2, 0) is 33.3 Å². The molecular formula is C49H89NO8. The number of unbranched alkanes of at least 4 members (excludes halogenated alkanes) is 22. The van der Waals surface area contributed by atoms with Gasteiger partial charge in [0.2, 0.25) is 0 Å². The summed E-state index contributed by atoms with van der Waals surface area (Å²) in [4.78, 5) is 37.0. The van der Waals surface area contributed by atoms with Crippen LogP contribution in [0.1, 0.15) is 200 Å². The minimum Gasteiger partial charge on any atom is -0.545 e. The fourth-order valence-corrected chi connectivity index (χ4v) is 6.42. The molecule has 0 fully saturated rings. The molecule has 338 valence electrons. The molecule has 0 amide bonds. The van der Waals surface area contributed by atoms with Gasteiger partial charge >= 0.3 is 11.9 Å². The van der Waals surface area contributed by atoms with Crippen molar-refractivity contribution in [3.63, 3.8) is 0 Å². The first-order valence-corrected chi connectivity index (χ1v) is 23.6. The summed E-state index contributed by atoms with van der Waals surface area (Å²) in [6.07, 6.45) is 43.1. The maximum absolute atomic E-state index is 12.8. The van der Waals surface area contributed by atoms with Gasteiger partial charge in [-0.15, -0.1) is 0 Å². The number of ether oxygens (including phenoxy) is 4. The summed E-state index contributed by atoms with van der Waals surface area (Å²) in [7, 11) is 5.90. The van der Waals surface area contributed by atoms with Gasteiger partial charge in [-0.25, -0.2) is 0 Å². The Bertz CT molecular complexity index is 1050. The van der Waals surface area contributed by atoms with Crippen molar-refractivity contribution in [2.45, 2.75) is 212 Å². The molecule has 0 rings (SSSR count). The van der Waals surface area contributed by atoms with E-state index in [0.29, 0.717) is 23.9 Å². The Hall–Kier alpha value is -2.49. The molecule has 0 saturated carbocycles. The van der Waals surface area contributed by atoms with Gasteiger partial charge in [0.1, 0.15) is 13.2 Å². The van der Waals surface area contributed by atoms with Crippen LogP contribution >= 0.6 is 0 Å². The predicted molar refractivity (Wildman–Crippen MR) is 237 cm³/mol. The molecule has 0 bridgehead atoms. The summed E-state index contributed by atoms with van der Waals surface area (Å²) >= 11 is 0. The predicted octanol–water partition coefficient (Wildman–Crippen LogP) is 11.3. The highest BCUT2D eigenvalue weighted by atomic mass is 16.7. The summed E-state index contributed by atoms with van der Waals surface area (Å²) in [5.74, 6) is -2.30. The molecule has 0 heterocycles. The normalized spacial score (nSPS) is 13.2. The zero-order valence-corrected chi connectivity index (χ0v) is 38.2. The molecule has 0 aliphatic rings. The molecule has 0 radical (unpaired) electrons. The first-order chi connectivity index (χ1) is 28.1. The van der Waals surface area contributed by atoms with E-state index in [2.05, 4.69) is 50.3 Å². The summed E-state index contributed by atoms with van der Waals surface area (Å²) in [6, 6.07) is 0. The van der Waals surface area contributed by atoms with Crippen LogP contribution in [0.2, 0.25) is 0 Å². The molecule has 9 nitrogen and oxygen atoms in total. The van der Waals surface area contributed by atoms with Gasteiger partial charge in [0.25, 0.3) is 0 Å². The third kappa shape index (κ3) is 41.7. The summed E-state index contributed by atoms with van der Waals surface area (Å²) < 4.78 is 22.5. The lowest BCUT2D eigenvalue weighted by Crippen LogP contribution is -2.44. The van der Waals surface area contributed by atoms with Crippen molar-refractivity contribution < 1.29 is 42.9 Å². The Morgan fingerprint density at radius 1 is 0.517 bits per heavy atom. The maximum atomic E-state index is 12.8. The smallest absolute Gasteiger partial charge is 0.306 e. The number of carbonyl (C=O) groups excluding carboxylic acids is 3. The topological polar surface area (TPSA) is 111 Å². The van der Waals surface area contributed by atoms with E-state index in [0.717, 1.165) is 70.6 Å². The maximum Gasteiger partial charge on any atom is 0.306 e. The molecule has 2 atom stereocenters. The summed E-state index contributed by atoms with van der Waals surface area (Å²) in [5, 5.41) is 11.7. The summed E-state index contributed by atoms with van der Waals surface area (Å²) in [5.41, 5.74) is 0. The lowest BCUT2D eigenvalue weighted by molar-refractivity contribution is -0.870. The molecule has 0 aliphatic heterocycles. The Morgan fingerprint density at radius 3 is 1.38 bits per heavy atom. The van der Waals surface area contributed by atoms with Gasteiger partial charge in [0, 0.05) is 12.8 Å². The van der Waals surface area contributed by atoms with Gasteiger partial charge in [-0.2, -0.15) is 0 Å². The minimum absolute atomic E-state index is 0.145. The molecule has 2 unspecified atom stereocenters. The molecule has 0 aromatic carbocycles. The highest BCUT2D eigenvalue weighted by Crippen LogP contribution is 2.14. The van der Waals surface area contributed by atoms with E-state index >= 15 is 0 Å². The number of carbonyl (C=O) groups is 3. The molecule has 0 N–H and O–H groups in total. The van der Waals surface area contributed by atoms with Crippen LogP contribution in [0.3, 0.4) is 0 Å². The highest BCUT2D eigenvalue weighted by molar-refractivity contribution is 5.70. The molecule has 0 aliphatic carbocycles. The van der Waals surface area contributed by atoms with Gasteiger partial charge in [0.15, 0.2) is 12.4 Å². The number of carboxylic acid groups (broad SMARTS) is 1. The Kier molecular flexibility index (Phi) is 39.5. The van der Waals surface area contributed by atoms with E-state index in [1.807, 2.05) is 21.1 Å². The van der Waals surface area contributed by atoms with Crippen LogP contribution in [0.15, 0.2) is 36.5 Å². The second-order valence-corrected chi connectivity index (χ2v) is 17.1. The average molecular weight is 820 g/mol. The number of likely N-dealkylation sites (N-methyl/N-ethyl adjacent to an activating group) is 1. The van der Waals surface area contributed by atoms with Crippen molar-refractivity contribution in [1.29, 1.82) is 0 Å². The van der Waals surface area contributed by atoms with Crippen molar-refractivity contribution in [3.8, 4) is 0 Å². The number of esters is 2. The average Bonchev–Trinajstić information content (AvgIpc) is 3.18. The molecule has 9 heteroatoms. The largest absolute Gasteiger partial charge is 0.545 e. The Balaban J connectivity index is 4.40. The van der Waals surface area contributed by atoms with E-state index in [9.17, 15) is 19.5 Å². The van der Waals surface area contributed by atoms with Crippen LogP contribution in [-0.4, -0.2) is 82.3 Å². The van der Waals surface area contributed by atoms with Crippen LogP contribution in [0.5, 0.6) is 0 Å². The van der Waals surface area contributed by atoms with E-state index < -0.39 is 24.3 Å². The first kappa shape index (κ1) is 55.5. The van der Waals surface area contributed by atoms with Gasteiger partial charge in [-0.05, 0) is 51.4 Å². The first-order valence-electron chi connectivity index (χ1n) is 23.6. The monoisotopic (exact) mass is 820 g/mol. The fraction of sp³-hybridized carbons (Fsp3) is 0.816. The van der Waals surface area contributed by atoms with E-state index in [4.69, 9.17) is 18.9 Å². The number of rotatable bonds is 43. The standard InChI is InChI=1S/C49H89NO8/c1-6-8-10-12-14-16-18-20-21-22-23-24-25-26-27-28-30-32-34-36-38-40-47(52)58-45(44-57-49(48(53)54)55-42-41-50(3,4)5)43-56-46(51)39-37-35-33-31-29-19-17-15-13-11-9-7-2/h18,20,22-23,25-26,45,49H,6-17,19,21,24,27-44H2,1-5H3/b20-18-,23-22-,26-25-. The quantitative estimate of drug-likeness (QED) is 0.0197. The van der Waals surface area contributed by atoms with Gasteiger partial charge in [-0.1, -0.05) is 172 Å². The van der Waals surface area contributed by atoms with E-state index in [1.54, 1.807) is 0 Å². The van der Waals surface area contributed by atoms with Crippen molar-refractivity contribution in [2.24, 2.45) is 0 Å². The van der Waals surface area contributed by atoms with Crippen LogP contribution in [0, 0.1) is 0 Å². The molecule has 0 spiro atoms. The zero-order chi connectivity index (χ0) is 42.8. The zero-order valence-electron chi connectivity index (χ0n) is 38.2. The second kappa shape index (κ2) is 41.3. The number of carboxylic acids is 1. The SMILES string of the molecule is CCCCCCC/C=C\C/C=C\C/C=C\CCCCCCCCC(=O)OC(COC(=O)CCCCCCCCCCCCCC)COC(OCC[N+](C)(C)C)C(=O)[O-]. The van der Waals surface area contributed by atoms with Crippen molar-refractivity contribution >= 4 is 17.9 Å². The van der Waals surface area contributed by atoms with Crippen molar-refractivity contribution in [3.05, 3.63) is 36.5 Å². The fourth-order valence-electron chi connectivity index (χ4n) is 6.42. The van der Waals surface area contributed by atoms with Crippen LogP contribution in [0.4, 0.5) is 0 Å². The number of hydrogen-bond donors (Lipinski definition) is 0. The lowest BCUT2D eigenvalue weighted by Gasteiger charge is -2.26. The molecule has 0 aromatic rings. The van der Waals surface area contributed by atoms with Crippen LogP contribution < -0.4 is 5.11 Å². The Morgan fingerprint density at radius 2 is 0.931 bits per heavy atom.